The third-order valence-corrected chi connectivity index (χ3v) is 4.25. The molecule has 0 radical (unpaired) electrons. The molecule has 1 atom stereocenters. The molecule has 104 valence electrons. The topological polar surface area (TPSA) is 63.3 Å². The van der Waals surface area contributed by atoms with E-state index in [1.807, 2.05) is 13.8 Å². The molecule has 0 aliphatic heterocycles. The number of hydrogen-bond acceptors (Lipinski definition) is 2. The predicted octanol–water partition coefficient (Wildman–Crippen LogP) is 2.68. The summed E-state index contributed by atoms with van der Waals surface area (Å²) in [6.45, 7) is 4.29. The van der Waals surface area contributed by atoms with E-state index in [0.29, 0.717) is 18.8 Å². The summed E-state index contributed by atoms with van der Waals surface area (Å²) in [6, 6.07) is 6.21. The summed E-state index contributed by atoms with van der Waals surface area (Å²) >= 11 is 0. The average molecular weight is 261 g/mol. The van der Waals surface area contributed by atoms with Crippen LogP contribution in [0.2, 0.25) is 0 Å². The molecule has 3 nitrogen and oxygen atoms in total. The molecule has 19 heavy (non-hydrogen) atoms. The highest BCUT2D eigenvalue weighted by Gasteiger charge is 2.42. The lowest BCUT2D eigenvalue weighted by molar-refractivity contribution is -0.149. The summed E-state index contributed by atoms with van der Waals surface area (Å²) in [6.07, 6.45) is 3.57. The van der Waals surface area contributed by atoms with E-state index in [2.05, 4.69) is 18.2 Å². The van der Waals surface area contributed by atoms with Gasteiger partial charge in [-0.2, -0.15) is 0 Å². The van der Waals surface area contributed by atoms with Gasteiger partial charge in [0.05, 0.1) is 5.41 Å². The number of nitrogens with two attached hydrogens (primary N) is 1. The Bertz CT molecular complexity index is 480. The van der Waals surface area contributed by atoms with Crippen LogP contribution in [-0.4, -0.2) is 17.6 Å². The van der Waals surface area contributed by atoms with Crippen LogP contribution in [0.15, 0.2) is 18.2 Å². The van der Waals surface area contributed by atoms with Gasteiger partial charge in [0, 0.05) is 6.54 Å². The molecule has 1 aromatic rings. The number of benzene rings is 1. The van der Waals surface area contributed by atoms with E-state index in [9.17, 15) is 9.90 Å². The van der Waals surface area contributed by atoms with Gasteiger partial charge in [-0.05, 0) is 43.7 Å². The molecule has 3 heteroatoms. The van der Waals surface area contributed by atoms with E-state index < -0.39 is 11.4 Å². The Kier molecular flexibility index (Phi) is 3.95. The molecular formula is C16H23NO2. The maximum atomic E-state index is 11.7. The molecule has 0 amide bonds. The van der Waals surface area contributed by atoms with E-state index in [-0.39, 0.29) is 6.54 Å². The van der Waals surface area contributed by atoms with Gasteiger partial charge in [0.25, 0.3) is 0 Å². The van der Waals surface area contributed by atoms with Gasteiger partial charge in [-0.25, -0.2) is 0 Å². The van der Waals surface area contributed by atoms with Gasteiger partial charge < -0.3 is 10.8 Å². The molecule has 0 saturated heterocycles. The van der Waals surface area contributed by atoms with E-state index in [1.54, 1.807) is 0 Å². The van der Waals surface area contributed by atoms with E-state index in [1.165, 1.54) is 5.56 Å². The van der Waals surface area contributed by atoms with Crippen molar-refractivity contribution in [3.63, 3.8) is 0 Å². The molecule has 2 rings (SSSR count). The van der Waals surface area contributed by atoms with Crippen LogP contribution in [0.3, 0.4) is 0 Å². The van der Waals surface area contributed by atoms with Crippen LogP contribution in [0.5, 0.6) is 0 Å². The fourth-order valence-corrected chi connectivity index (χ4v) is 2.71. The first kappa shape index (κ1) is 14.1. The quantitative estimate of drug-likeness (QED) is 0.827. The molecule has 0 aromatic heterocycles. The second kappa shape index (κ2) is 5.33. The van der Waals surface area contributed by atoms with Gasteiger partial charge >= 0.3 is 5.97 Å². The van der Waals surface area contributed by atoms with Crippen molar-refractivity contribution in [3.8, 4) is 0 Å². The summed E-state index contributed by atoms with van der Waals surface area (Å²) in [5, 5.41) is 9.64. The van der Waals surface area contributed by atoms with Crippen LogP contribution in [0, 0.1) is 25.2 Å². The third kappa shape index (κ3) is 3.16. The van der Waals surface area contributed by atoms with E-state index in [4.69, 9.17) is 5.73 Å². The number of carboxylic acid groups (broad SMARTS) is 1. The van der Waals surface area contributed by atoms with Crippen molar-refractivity contribution in [3.05, 3.63) is 34.9 Å². The molecule has 1 aromatic carbocycles. The van der Waals surface area contributed by atoms with Crippen molar-refractivity contribution in [2.75, 3.05) is 6.54 Å². The number of carbonyl (C=O) groups is 1. The predicted molar refractivity (Wildman–Crippen MR) is 76.1 cm³/mol. The maximum absolute atomic E-state index is 11.7. The monoisotopic (exact) mass is 261 g/mol. The summed E-state index contributed by atoms with van der Waals surface area (Å²) in [5.74, 6) is -0.187. The first-order valence-corrected chi connectivity index (χ1v) is 6.96. The molecule has 0 heterocycles. The van der Waals surface area contributed by atoms with Crippen LogP contribution in [0.25, 0.3) is 0 Å². The minimum Gasteiger partial charge on any atom is -0.481 e. The summed E-state index contributed by atoms with van der Waals surface area (Å²) < 4.78 is 0. The van der Waals surface area contributed by atoms with Crippen molar-refractivity contribution in [1.29, 1.82) is 0 Å². The van der Waals surface area contributed by atoms with Gasteiger partial charge in [0.15, 0.2) is 0 Å². The summed E-state index contributed by atoms with van der Waals surface area (Å²) in [7, 11) is 0. The van der Waals surface area contributed by atoms with Gasteiger partial charge in [-0.3, -0.25) is 4.79 Å². The second-order valence-corrected chi connectivity index (χ2v) is 6.04. The van der Waals surface area contributed by atoms with Crippen molar-refractivity contribution in [2.24, 2.45) is 17.1 Å². The highest BCUT2D eigenvalue weighted by molar-refractivity contribution is 5.75. The van der Waals surface area contributed by atoms with Gasteiger partial charge in [-0.1, -0.05) is 36.6 Å². The zero-order valence-electron chi connectivity index (χ0n) is 11.8. The van der Waals surface area contributed by atoms with Gasteiger partial charge in [0.1, 0.15) is 0 Å². The Labute approximate surface area is 114 Å². The van der Waals surface area contributed by atoms with Gasteiger partial charge in [-0.15, -0.1) is 0 Å². The molecule has 0 bridgehead atoms. The van der Waals surface area contributed by atoms with Crippen LogP contribution in [-0.2, 0) is 11.2 Å². The van der Waals surface area contributed by atoms with Crippen LogP contribution < -0.4 is 5.73 Å². The first-order chi connectivity index (χ1) is 8.97. The highest BCUT2D eigenvalue weighted by atomic mass is 16.4. The second-order valence-electron chi connectivity index (χ2n) is 6.04. The first-order valence-electron chi connectivity index (χ1n) is 6.96. The average Bonchev–Trinajstić information content (AvgIpc) is 3.16. The number of aliphatic carboxylic acids is 1. The molecule has 1 fully saturated rings. The van der Waals surface area contributed by atoms with Crippen molar-refractivity contribution in [2.45, 2.75) is 39.5 Å². The number of hydrogen-bond donors (Lipinski definition) is 2. The van der Waals surface area contributed by atoms with Crippen LogP contribution in [0.1, 0.15) is 36.0 Å². The molecule has 1 aliphatic carbocycles. The van der Waals surface area contributed by atoms with Crippen LogP contribution >= 0.6 is 0 Å². The molecule has 1 aliphatic rings. The lowest BCUT2D eigenvalue weighted by atomic mass is 9.76. The Balaban J connectivity index is 2.27. The number of rotatable bonds is 6. The van der Waals surface area contributed by atoms with E-state index in [0.717, 1.165) is 24.0 Å². The molecule has 0 spiro atoms. The smallest absolute Gasteiger partial charge is 0.311 e. The lowest BCUT2D eigenvalue weighted by Crippen LogP contribution is -2.41. The molecule has 3 N–H and O–H groups in total. The van der Waals surface area contributed by atoms with Crippen LogP contribution in [0.4, 0.5) is 0 Å². The zero-order valence-corrected chi connectivity index (χ0v) is 11.8. The third-order valence-electron chi connectivity index (χ3n) is 4.25. The fraction of sp³-hybridized carbons (Fsp3) is 0.562. The molecule has 1 saturated carbocycles. The number of carboxylic acids is 1. The van der Waals surface area contributed by atoms with E-state index >= 15 is 0 Å². The molecule has 1 unspecified atom stereocenters. The number of aryl methyl sites for hydroxylation is 2. The Morgan fingerprint density at radius 2 is 2.11 bits per heavy atom. The maximum Gasteiger partial charge on any atom is 0.311 e. The molecular weight excluding hydrogens is 238 g/mol. The SMILES string of the molecule is Cc1ccc(C)c(CC(CN)(CC2CC2)C(=O)O)c1. The lowest BCUT2D eigenvalue weighted by Gasteiger charge is -2.29. The fourth-order valence-electron chi connectivity index (χ4n) is 2.71. The van der Waals surface area contributed by atoms with Crippen molar-refractivity contribution >= 4 is 5.97 Å². The zero-order chi connectivity index (χ0) is 14.0. The Hall–Kier alpha value is -1.35. The highest BCUT2D eigenvalue weighted by Crippen LogP contribution is 2.42. The summed E-state index contributed by atoms with van der Waals surface area (Å²) in [5.41, 5.74) is 8.49. The minimum absolute atomic E-state index is 0.214. The van der Waals surface area contributed by atoms with Crippen molar-refractivity contribution in [1.82, 2.24) is 0 Å². The minimum atomic E-state index is -0.792. The summed E-state index contributed by atoms with van der Waals surface area (Å²) in [4.78, 5) is 11.7. The Morgan fingerprint density at radius 3 is 2.63 bits per heavy atom. The standard InChI is InChI=1S/C16H23NO2/c1-11-3-4-12(2)14(7-11)9-16(10-17,15(18)19)8-13-5-6-13/h3-4,7,13H,5-6,8-10,17H2,1-2H3,(H,18,19). The van der Waals surface area contributed by atoms with Crippen molar-refractivity contribution < 1.29 is 9.90 Å². The normalized spacial score (nSPS) is 18.1. The van der Waals surface area contributed by atoms with Gasteiger partial charge in [0.2, 0.25) is 0 Å². The largest absolute Gasteiger partial charge is 0.481 e. The Morgan fingerprint density at radius 1 is 1.42 bits per heavy atom.